The molecule has 4 nitrogen and oxygen atoms in total. The molecular formula is C20H21ClN2O2. The first-order valence-corrected chi connectivity index (χ1v) is 8.71. The molecule has 0 radical (unpaired) electrons. The van der Waals surface area contributed by atoms with Crippen LogP contribution in [0.5, 0.6) is 0 Å². The number of carbonyl (C=O) groups excluding carboxylic acids is 2. The predicted octanol–water partition coefficient (Wildman–Crippen LogP) is 3.94. The zero-order valence-electron chi connectivity index (χ0n) is 14.4. The van der Waals surface area contributed by atoms with Crippen molar-refractivity contribution in [2.45, 2.75) is 26.8 Å². The van der Waals surface area contributed by atoms with Gasteiger partial charge in [0.1, 0.15) is 0 Å². The highest BCUT2D eigenvalue weighted by atomic mass is 35.5. The third-order valence-electron chi connectivity index (χ3n) is 4.55. The molecule has 130 valence electrons. The number of nitrogens with one attached hydrogen (secondary N) is 1. The van der Waals surface area contributed by atoms with Crippen molar-refractivity contribution in [3.05, 3.63) is 64.2 Å². The molecule has 5 heteroatoms. The molecule has 0 aromatic heterocycles. The minimum absolute atomic E-state index is 0.0107. The lowest BCUT2D eigenvalue weighted by Crippen LogP contribution is -2.28. The summed E-state index contributed by atoms with van der Waals surface area (Å²) in [6, 6.07) is 13.6. The Balaban J connectivity index is 1.65. The molecule has 0 aliphatic carbocycles. The van der Waals surface area contributed by atoms with E-state index in [2.05, 4.69) is 5.32 Å². The Kier molecular flexibility index (Phi) is 5.09. The number of rotatable bonds is 4. The van der Waals surface area contributed by atoms with Crippen molar-refractivity contribution in [3.63, 3.8) is 0 Å². The molecule has 1 saturated heterocycles. The number of carbonyl (C=O) groups is 2. The van der Waals surface area contributed by atoms with Crippen LogP contribution in [-0.2, 0) is 16.1 Å². The first kappa shape index (κ1) is 17.5. The van der Waals surface area contributed by atoms with E-state index in [4.69, 9.17) is 11.6 Å². The van der Waals surface area contributed by atoms with Gasteiger partial charge in [-0.3, -0.25) is 9.59 Å². The van der Waals surface area contributed by atoms with Crippen LogP contribution < -0.4 is 5.32 Å². The summed E-state index contributed by atoms with van der Waals surface area (Å²) in [6.07, 6.45) is 0.237. The van der Waals surface area contributed by atoms with Crippen molar-refractivity contribution in [1.29, 1.82) is 0 Å². The van der Waals surface area contributed by atoms with E-state index in [9.17, 15) is 9.59 Å². The van der Waals surface area contributed by atoms with Crippen LogP contribution in [0.15, 0.2) is 42.5 Å². The molecule has 2 amide bonds. The highest BCUT2D eigenvalue weighted by molar-refractivity contribution is 6.34. The van der Waals surface area contributed by atoms with Crippen LogP contribution in [0.2, 0.25) is 5.02 Å². The average molecular weight is 357 g/mol. The fourth-order valence-electron chi connectivity index (χ4n) is 3.03. The number of nitrogens with zero attached hydrogens (tertiary/aromatic N) is 1. The summed E-state index contributed by atoms with van der Waals surface area (Å²) in [5, 5.41) is 3.39. The van der Waals surface area contributed by atoms with Crippen LogP contribution in [0, 0.1) is 19.8 Å². The van der Waals surface area contributed by atoms with E-state index in [-0.39, 0.29) is 24.2 Å². The van der Waals surface area contributed by atoms with Gasteiger partial charge in [-0.1, -0.05) is 53.6 Å². The van der Waals surface area contributed by atoms with Gasteiger partial charge >= 0.3 is 0 Å². The third-order valence-corrected chi connectivity index (χ3v) is 4.86. The Morgan fingerprint density at radius 1 is 1.20 bits per heavy atom. The first-order chi connectivity index (χ1) is 11.9. The van der Waals surface area contributed by atoms with Crippen molar-refractivity contribution >= 4 is 29.1 Å². The summed E-state index contributed by atoms with van der Waals surface area (Å²) >= 11 is 6.17. The molecule has 0 bridgehead atoms. The second-order valence-electron chi connectivity index (χ2n) is 6.58. The highest BCUT2D eigenvalue weighted by Gasteiger charge is 2.34. The second-order valence-corrected chi connectivity index (χ2v) is 6.99. The molecule has 1 atom stereocenters. The zero-order chi connectivity index (χ0) is 18.0. The van der Waals surface area contributed by atoms with Gasteiger partial charge < -0.3 is 10.2 Å². The summed E-state index contributed by atoms with van der Waals surface area (Å²) in [7, 11) is 0. The quantitative estimate of drug-likeness (QED) is 0.901. The maximum absolute atomic E-state index is 12.6. The lowest BCUT2D eigenvalue weighted by molar-refractivity contribution is -0.128. The molecule has 2 aromatic carbocycles. The molecule has 1 N–H and O–H groups in total. The largest absolute Gasteiger partial charge is 0.338 e. The summed E-state index contributed by atoms with van der Waals surface area (Å²) in [5.74, 6) is -0.499. The van der Waals surface area contributed by atoms with Crippen molar-refractivity contribution in [2.24, 2.45) is 5.92 Å². The van der Waals surface area contributed by atoms with Crippen LogP contribution in [0.25, 0.3) is 0 Å². The van der Waals surface area contributed by atoms with Gasteiger partial charge in [-0.05, 0) is 31.0 Å². The lowest BCUT2D eigenvalue weighted by atomic mass is 10.1. The molecule has 0 unspecified atom stereocenters. The molecule has 0 saturated carbocycles. The number of hydrogen-bond donors (Lipinski definition) is 1. The molecule has 1 fully saturated rings. The average Bonchev–Trinajstić information content (AvgIpc) is 2.94. The van der Waals surface area contributed by atoms with Gasteiger partial charge in [0.25, 0.3) is 0 Å². The maximum atomic E-state index is 12.6. The van der Waals surface area contributed by atoms with Gasteiger partial charge in [0, 0.05) is 19.5 Å². The molecule has 1 aliphatic rings. The molecule has 1 aliphatic heterocycles. The van der Waals surface area contributed by atoms with E-state index in [0.717, 1.165) is 11.1 Å². The lowest BCUT2D eigenvalue weighted by Gasteiger charge is -2.17. The second kappa shape index (κ2) is 7.28. The number of halogens is 1. The number of para-hydroxylation sites is 1. The Morgan fingerprint density at radius 3 is 2.60 bits per heavy atom. The smallest absolute Gasteiger partial charge is 0.229 e. The molecule has 1 heterocycles. The Hall–Kier alpha value is -2.33. The van der Waals surface area contributed by atoms with Crippen molar-refractivity contribution in [2.75, 3.05) is 11.9 Å². The van der Waals surface area contributed by atoms with Crippen LogP contribution in [0.3, 0.4) is 0 Å². The van der Waals surface area contributed by atoms with Crippen molar-refractivity contribution < 1.29 is 9.59 Å². The number of likely N-dealkylation sites (tertiary alicyclic amines) is 1. The molecule has 3 rings (SSSR count). The number of aryl methyl sites for hydroxylation is 2. The molecule has 0 spiro atoms. The Labute approximate surface area is 152 Å². The van der Waals surface area contributed by atoms with Gasteiger partial charge in [0.05, 0.1) is 16.6 Å². The number of hydrogen-bond acceptors (Lipinski definition) is 2. The summed E-state index contributed by atoms with van der Waals surface area (Å²) in [4.78, 5) is 26.6. The van der Waals surface area contributed by atoms with Gasteiger partial charge in [-0.15, -0.1) is 0 Å². The Morgan fingerprint density at radius 2 is 1.92 bits per heavy atom. The van der Waals surface area contributed by atoms with E-state index in [1.807, 2.05) is 50.2 Å². The summed E-state index contributed by atoms with van der Waals surface area (Å²) in [5.41, 5.74) is 3.78. The van der Waals surface area contributed by atoms with Crippen LogP contribution in [0.1, 0.15) is 23.1 Å². The van der Waals surface area contributed by atoms with E-state index < -0.39 is 0 Å². The topological polar surface area (TPSA) is 49.4 Å². The van der Waals surface area contributed by atoms with E-state index >= 15 is 0 Å². The normalized spacial score (nSPS) is 17.0. The maximum Gasteiger partial charge on any atom is 0.229 e. The van der Waals surface area contributed by atoms with Gasteiger partial charge in [-0.25, -0.2) is 0 Å². The Bertz CT molecular complexity index is 782. The first-order valence-electron chi connectivity index (χ1n) is 8.33. The van der Waals surface area contributed by atoms with Gasteiger partial charge in [-0.2, -0.15) is 0 Å². The van der Waals surface area contributed by atoms with Crippen LogP contribution in [-0.4, -0.2) is 23.3 Å². The molecular weight excluding hydrogens is 336 g/mol. The molecule has 25 heavy (non-hydrogen) atoms. The van der Waals surface area contributed by atoms with E-state index in [1.54, 1.807) is 11.0 Å². The number of amides is 2. The van der Waals surface area contributed by atoms with E-state index in [0.29, 0.717) is 23.8 Å². The summed E-state index contributed by atoms with van der Waals surface area (Å²) < 4.78 is 0. The van der Waals surface area contributed by atoms with Crippen LogP contribution >= 0.6 is 11.6 Å². The zero-order valence-corrected chi connectivity index (χ0v) is 15.1. The summed E-state index contributed by atoms with van der Waals surface area (Å²) in [6.45, 7) is 4.89. The van der Waals surface area contributed by atoms with Crippen molar-refractivity contribution in [3.8, 4) is 0 Å². The highest BCUT2D eigenvalue weighted by Crippen LogP contribution is 2.27. The third kappa shape index (κ3) is 4.02. The standard InChI is InChI=1S/C20H21ClN2O2/c1-13-6-8-15(9-7-13)11-23-12-16(10-18(23)24)20(25)22-19-14(2)4-3-5-17(19)21/h3-9,16H,10-12H2,1-2H3,(H,22,25)/t16-/m0/s1. The van der Waals surface area contributed by atoms with Gasteiger partial charge in [0.15, 0.2) is 0 Å². The monoisotopic (exact) mass is 356 g/mol. The van der Waals surface area contributed by atoms with Gasteiger partial charge in [0.2, 0.25) is 11.8 Å². The molecule has 2 aromatic rings. The SMILES string of the molecule is Cc1ccc(CN2C[C@@H](C(=O)Nc3c(C)cccc3Cl)CC2=O)cc1. The predicted molar refractivity (Wildman–Crippen MR) is 99.5 cm³/mol. The fourth-order valence-corrected chi connectivity index (χ4v) is 3.30. The van der Waals surface area contributed by atoms with Crippen molar-refractivity contribution in [1.82, 2.24) is 4.90 Å². The minimum Gasteiger partial charge on any atom is -0.338 e. The van der Waals surface area contributed by atoms with Crippen LogP contribution in [0.4, 0.5) is 5.69 Å². The number of benzene rings is 2. The minimum atomic E-state index is -0.353. The van der Waals surface area contributed by atoms with E-state index in [1.165, 1.54) is 5.56 Å². The number of anilines is 1. The fraction of sp³-hybridized carbons (Fsp3) is 0.300.